The van der Waals surface area contributed by atoms with Crippen LogP contribution in [-0.4, -0.2) is 0 Å². The van der Waals surface area contributed by atoms with Gasteiger partial charge in [-0.1, -0.05) is 0 Å². The van der Waals surface area contributed by atoms with Gasteiger partial charge in [0.15, 0.2) is 0 Å². The second-order valence-electron chi connectivity index (χ2n) is 13.7. The standard InChI is InChI=1S/C38H36.2CH3.Hf/c1-7-38(6,30-20-28-16-10-18-32(34(28)22-30)36-24(2)12-8-13-25(36)3)31-21-29-17-11-19-33(35(29)23-31)37-26(4)14-9-15-27(37)5;;;/h8-23H,7H2,1-6H3;2*1H3;. The quantitative estimate of drug-likeness (QED) is 0.187. The van der Waals surface area contributed by atoms with Crippen LogP contribution in [0, 0.1) is 33.1 Å². The molecule has 0 aromatic heterocycles. The molecule has 2 atom stereocenters. The van der Waals surface area contributed by atoms with E-state index in [2.05, 4.69) is 136 Å². The van der Waals surface area contributed by atoms with Crippen LogP contribution >= 0.6 is 0 Å². The number of allylic oxidation sites excluding steroid dienone is 2. The molecule has 206 valence electrons. The molecule has 4 aromatic rings. The van der Waals surface area contributed by atoms with Gasteiger partial charge in [0.2, 0.25) is 0 Å². The van der Waals surface area contributed by atoms with Crippen molar-refractivity contribution in [2.45, 2.75) is 64.7 Å². The van der Waals surface area contributed by atoms with Gasteiger partial charge in [0, 0.05) is 0 Å². The van der Waals surface area contributed by atoms with E-state index in [4.69, 9.17) is 0 Å². The van der Waals surface area contributed by atoms with Gasteiger partial charge in [-0.3, -0.25) is 0 Å². The summed E-state index contributed by atoms with van der Waals surface area (Å²) in [5, 5.41) is 0. The number of hydrogen-bond donors (Lipinski definition) is 0. The van der Waals surface area contributed by atoms with Gasteiger partial charge in [-0.05, 0) is 0 Å². The summed E-state index contributed by atoms with van der Waals surface area (Å²) in [6.07, 6.45) is 6.47. The molecular weight excluding hydrogens is 659 g/mol. The van der Waals surface area contributed by atoms with Crippen molar-refractivity contribution >= 4 is 12.2 Å². The van der Waals surface area contributed by atoms with Crippen LogP contribution in [0.4, 0.5) is 0 Å². The van der Waals surface area contributed by atoms with Crippen molar-refractivity contribution in [3.8, 4) is 22.3 Å². The summed E-state index contributed by atoms with van der Waals surface area (Å²) >= 11 is -3.06. The van der Waals surface area contributed by atoms with Gasteiger partial charge in [0.05, 0.1) is 0 Å². The van der Waals surface area contributed by atoms with Gasteiger partial charge < -0.3 is 0 Å². The molecular formula is C40H42Hf. The summed E-state index contributed by atoms with van der Waals surface area (Å²) in [5.41, 5.74) is 20.9. The first-order valence-electron chi connectivity index (χ1n) is 15.4. The minimum absolute atomic E-state index is 0.0684. The van der Waals surface area contributed by atoms with E-state index in [9.17, 15) is 0 Å². The summed E-state index contributed by atoms with van der Waals surface area (Å²) in [4.78, 5) is 0. The Morgan fingerprint density at radius 3 is 1.32 bits per heavy atom. The van der Waals surface area contributed by atoms with Crippen molar-refractivity contribution in [3.05, 3.63) is 128 Å². The monoisotopic (exact) mass is 702 g/mol. The minimum atomic E-state index is -3.06. The SMILES string of the molecule is CCC1(C)C2=Cc3c(-c4c(C)cccc4C)cccc3[CH]2[Hf]([CH3])([CH3])[CH]2C1=Cc1c(-c3c(C)cccc3C)cccc12. The molecule has 1 heterocycles. The van der Waals surface area contributed by atoms with E-state index >= 15 is 0 Å². The summed E-state index contributed by atoms with van der Waals surface area (Å²) in [6.45, 7) is 14.1. The van der Waals surface area contributed by atoms with Crippen LogP contribution in [0.5, 0.6) is 0 Å². The van der Waals surface area contributed by atoms with Gasteiger partial charge >= 0.3 is 253 Å². The molecule has 4 aromatic carbocycles. The van der Waals surface area contributed by atoms with Crippen LogP contribution < -0.4 is 0 Å². The van der Waals surface area contributed by atoms with Crippen molar-refractivity contribution in [2.75, 3.05) is 0 Å². The molecule has 0 amide bonds. The Labute approximate surface area is 251 Å². The van der Waals surface area contributed by atoms with E-state index in [-0.39, 0.29) is 5.41 Å². The zero-order chi connectivity index (χ0) is 28.8. The fourth-order valence-corrected chi connectivity index (χ4v) is 26.4. The fourth-order valence-electron chi connectivity index (χ4n) is 9.02. The molecule has 0 N–H and O–H groups in total. The van der Waals surface area contributed by atoms with E-state index in [0.29, 0.717) is 7.35 Å². The number of benzene rings is 4. The van der Waals surface area contributed by atoms with Crippen LogP contribution in [0.3, 0.4) is 0 Å². The molecule has 3 aliphatic rings. The molecule has 1 saturated heterocycles. The van der Waals surface area contributed by atoms with Crippen LogP contribution in [0.2, 0.25) is 9.36 Å². The zero-order valence-corrected chi connectivity index (χ0v) is 29.5. The van der Waals surface area contributed by atoms with Crippen molar-refractivity contribution in [2.24, 2.45) is 5.41 Å². The summed E-state index contributed by atoms with van der Waals surface area (Å²) in [5.74, 6) is 0. The predicted molar refractivity (Wildman–Crippen MR) is 174 cm³/mol. The molecule has 1 fully saturated rings. The van der Waals surface area contributed by atoms with Crippen LogP contribution in [0.25, 0.3) is 34.4 Å². The Bertz CT molecular complexity index is 1640. The third-order valence-electron chi connectivity index (χ3n) is 11.1. The van der Waals surface area contributed by atoms with Gasteiger partial charge in [-0.15, -0.1) is 0 Å². The average Bonchev–Trinajstić information content (AvgIpc) is 3.54. The molecule has 0 spiro atoms. The van der Waals surface area contributed by atoms with E-state index in [1.165, 1.54) is 55.6 Å². The molecule has 2 unspecified atom stereocenters. The molecule has 0 radical (unpaired) electrons. The van der Waals surface area contributed by atoms with Crippen molar-refractivity contribution in [3.63, 3.8) is 0 Å². The Kier molecular flexibility index (Phi) is 6.19. The van der Waals surface area contributed by atoms with Crippen LogP contribution in [0.1, 0.15) is 72.1 Å². The van der Waals surface area contributed by atoms with Gasteiger partial charge in [-0.2, -0.15) is 0 Å². The summed E-state index contributed by atoms with van der Waals surface area (Å²) in [7, 11) is 0. The van der Waals surface area contributed by atoms with Crippen LogP contribution in [-0.2, 0) is 20.0 Å². The fraction of sp³-hybridized carbons (Fsp3) is 0.300. The first-order valence-corrected chi connectivity index (χ1v) is 26.8. The number of hydrogen-bond acceptors (Lipinski definition) is 0. The van der Waals surface area contributed by atoms with E-state index in [1.54, 1.807) is 22.3 Å². The van der Waals surface area contributed by atoms with Crippen molar-refractivity contribution in [1.29, 1.82) is 0 Å². The molecule has 0 saturated carbocycles. The zero-order valence-electron chi connectivity index (χ0n) is 25.9. The first kappa shape index (κ1) is 27.1. The molecule has 0 bridgehead atoms. The second kappa shape index (κ2) is 9.37. The first-order chi connectivity index (χ1) is 19.6. The molecule has 1 aliphatic heterocycles. The van der Waals surface area contributed by atoms with E-state index in [0.717, 1.165) is 6.42 Å². The molecule has 2 aliphatic carbocycles. The molecule has 0 nitrogen and oxygen atoms in total. The predicted octanol–water partition coefficient (Wildman–Crippen LogP) is 11.5. The average molecular weight is 701 g/mol. The van der Waals surface area contributed by atoms with Gasteiger partial charge in [-0.25, -0.2) is 0 Å². The Morgan fingerprint density at radius 2 is 0.951 bits per heavy atom. The van der Waals surface area contributed by atoms with Crippen molar-refractivity contribution in [1.82, 2.24) is 0 Å². The van der Waals surface area contributed by atoms with Gasteiger partial charge in [0.1, 0.15) is 0 Å². The topological polar surface area (TPSA) is 0 Å². The Hall–Kier alpha value is -2.77. The third-order valence-corrected chi connectivity index (χ3v) is 26.3. The van der Waals surface area contributed by atoms with E-state index < -0.39 is 20.0 Å². The molecule has 7 rings (SSSR count). The Morgan fingerprint density at radius 1 is 0.585 bits per heavy atom. The molecule has 1 heteroatoms. The summed E-state index contributed by atoms with van der Waals surface area (Å²) < 4.78 is 6.76. The Balaban J connectivity index is 1.47. The normalized spacial score (nSPS) is 23.3. The third kappa shape index (κ3) is 3.67. The maximum atomic E-state index is 2.76. The van der Waals surface area contributed by atoms with Crippen LogP contribution in [0.15, 0.2) is 83.9 Å². The number of aryl methyl sites for hydroxylation is 4. The number of rotatable bonds is 3. The van der Waals surface area contributed by atoms with Gasteiger partial charge in [0.25, 0.3) is 0 Å². The maximum absolute atomic E-state index is 3.06. The molecule has 41 heavy (non-hydrogen) atoms. The number of fused-ring (bicyclic) bond motifs is 6. The second-order valence-corrected chi connectivity index (χ2v) is 31.0. The summed E-state index contributed by atoms with van der Waals surface area (Å²) in [6, 6.07) is 27.9. The van der Waals surface area contributed by atoms with Crippen molar-refractivity contribution < 1.29 is 20.0 Å². The van der Waals surface area contributed by atoms with E-state index in [1.807, 2.05) is 0 Å².